The Morgan fingerprint density at radius 1 is 0.935 bits per heavy atom. The summed E-state index contributed by atoms with van der Waals surface area (Å²) in [5.74, 6) is 2.10. The number of rotatable bonds is 7. The maximum absolute atomic E-state index is 9.70. The molecule has 0 unspecified atom stereocenters. The molecular formula is C26H23N3O2. The standard InChI is InChI=1S/C26H23N3O2/c1-18-13-24-25(14-19(18)2)29-26(28-24)21(17-27)15-20-7-6-10-23(16-20)31-12-11-30-22-8-4-3-5-9-22/h3-10,13-16H,11-12H2,1-2H3,(H,28,29)/b21-15+. The van der Waals surface area contributed by atoms with Crippen LogP contribution in [0.2, 0.25) is 0 Å². The SMILES string of the molecule is Cc1cc2nc(/C(C#N)=C/c3cccc(OCCOc4ccccc4)c3)[nH]c2cc1C. The van der Waals surface area contributed by atoms with E-state index in [9.17, 15) is 5.26 Å². The second kappa shape index (κ2) is 9.19. The molecular weight excluding hydrogens is 386 g/mol. The van der Waals surface area contributed by atoms with Crippen molar-refractivity contribution in [3.8, 4) is 17.6 Å². The molecule has 0 aliphatic carbocycles. The van der Waals surface area contributed by atoms with Gasteiger partial charge in [-0.2, -0.15) is 5.26 Å². The fraction of sp³-hybridized carbons (Fsp3) is 0.154. The lowest BCUT2D eigenvalue weighted by molar-refractivity contribution is 0.217. The van der Waals surface area contributed by atoms with Crippen LogP contribution in [0.15, 0.2) is 66.7 Å². The largest absolute Gasteiger partial charge is 0.490 e. The number of imidazole rings is 1. The van der Waals surface area contributed by atoms with Gasteiger partial charge >= 0.3 is 0 Å². The van der Waals surface area contributed by atoms with E-state index in [1.165, 1.54) is 11.1 Å². The molecule has 0 fully saturated rings. The van der Waals surface area contributed by atoms with Gasteiger partial charge in [-0.1, -0.05) is 30.3 Å². The predicted octanol–water partition coefficient (Wildman–Crippen LogP) is 5.70. The highest BCUT2D eigenvalue weighted by molar-refractivity contribution is 5.90. The first-order valence-electron chi connectivity index (χ1n) is 10.1. The van der Waals surface area contributed by atoms with Crippen LogP contribution in [0.5, 0.6) is 11.5 Å². The minimum atomic E-state index is 0.426. The highest BCUT2D eigenvalue weighted by Gasteiger charge is 2.09. The zero-order chi connectivity index (χ0) is 21.6. The van der Waals surface area contributed by atoms with Gasteiger partial charge < -0.3 is 14.5 Å². The van der Waals surface area contributed by atoms with Crippen molar-refractivity contribution in [3.05, 3.63) is 89.2 Å². The van der Waals surface area contributed by atoms with Crippen molar-refractivity contribution in [2.45, 2.75) is 13.8 Å². The third-order valence-electron chi connectivity index (χ3n) is 5.01. The number of nitrogens with one attached hydrogen (secondary N) is 1. The van der Waals surface area contributed by atoms with Crippen LogP contribution in [0.3, 0.4) is 0 Å². The summed E-state index contributed by atoms with van der Waals surface area (Å²) in [5, 5.41) is 9.70. The van der Waals surface area contributed by atoms with Gasteiger partial charge in [-0.25, -0.2) is 4.98 Å². The van der Waals surface area contributed by atoms with Crippen LogP contribution in [0.1, 0.15) is 22.5 Å². The van der Waals surface area contributed by atoms with Crippen molar-refractivity contribution in [2.75, 3.05) is 13.2 Å². The average molecular weight is 409 g/mol. The van der Waals surface area contributed by atoms with E-state index in [4.69, 9.17) is 9.47 Å². The number of ether oxygens (including phenoxy) is 2. The lowest BCUT2D eigenvalue weighted by atomic mass is 10.1. The molecule has 0 spiro atoms. The third kappa shape index (κ3) is 4.93. The number of hydrogen-bond donors (Lipinski definition) is 1. The molecule has 0 amide bonds. The van der Waals surface area contributed by atoms with Crippen LogP contribution in [-0.2, 0) is 0 Å². The zero-order valence-electron chi connectivity index (χ0n) is 17.6. The van der Waals surface area contributed by atoms with Crippen LogP contribution in [0.4, 0.5) is 0 Å². The minimum Gasteiger partial charge on any atom is -0.490 e. The van der Waals surface area contributed by atoms with E-state index in [0.29, 0.717) is 24.6 Å². The Bertz CT molecular complexity index is 1230. The Labute approximate surface area is 181 Å². The first-order valence-corrected chi connectivity index (χ1v) is 10.1. The van der Waals surface area contributed by atoms with Crippen molar-refractivity contribution in [1.29, 1.82) is 5.26 Å². The number of fused-ring (bicyclic) bond motifs is 1. The maximum Gasteiger partial charge on any atom is 0.149 e. The molecule has 1 heterocycles. The van der Waals surface area contributed by atoms with E-state index in [2.05, 4.69) is 36.0 Å². The van der Waals surface area contributed by atoms with Gasteiger partial charge in [0.15, 0.2) is 0 Å². The lowest BCUT2D eigenvalue weighted by Crippen LogP contribution is -2.08. The van der Waals surface area contributed by atoms with Gasteiger partial charge in [0.1, 0.15) is 36.6 Å². The molecule has 0 saturated carbocycles. The van der Waals surface area contributed by atoms with Crippen molar-refractivity contribution < 1.29 is 9.47 Å². The van der Waals surface area contributed by atoms with Crippen LogP contribution in [-0.4, -0.2) is 23.2 Å². The molecule has 0 aliphatic heterocycles. The van der Waals surface area contributed by atoms with E-state index >= 15 is 0 Å². The third-order valence-corrected chi connectivity index (χ3v) is 5.01. The number of aryl methyl sites for hydroxylation is 2. The molecule has 0 radical (unpaired) electrons. The molecule has 4 aromatic rings. The van der Waals surface area contributed by atoms with Crippen molar-refractivity contribution in [2.24, 2.45) is 0 Å². The summed E-state index contributed by atoms with van der Waals surface area (Å²) in [6, 6.07) is 23.6. The number of nitrogens with zero attached hydrogens (tertiary/aromatic N) is 2. The molecule has 3 aromatic carbocycles. The van der Waals surface area contributed by atoms with Crippen molar-refractivity contribution in [1.82, 2.24) is 9.97 Å². The second-order valence-electron chi connectivity index (χ2n) is 7.29. The number of aromatic amines is 1. The van der Waals surface area contributed by atoms with Gasteiger partial charge in [-0.05, 0) is 73.0 Å². The molecule has 0 atom stereocenters. The van der Waals surface area contributed by atoms with Crippen molar-refractivity contribution >= 4 is 22.7 Å². The molecule has 5 heteroatoms. The fourth-order valence-corrected chi connectivity index (χ4v) is 3.25. The molecule has 154 valence electrons. The summed E-state index contributed by atoms with van der Waals surface area (Å²) in [6.45, 7) is 4.99. The minimum absolute atomic E-state index is 0.426. The quantitative estimate of drug-likeness (QED) is 0.314. The number of benzene rings is 3. The first-order chi connectivity index (χ1) is 15.1. The Morgan fingerprint density at radius 2 is 1.65 bits per heavy atom. The first kappa shape index (κ1) is 20.2. The van der Waals surface area contributed by atoms with E-state index < -0.39 is 0 Å². The number of nitriles is 1. The molecule has 0 bridgehead atoms. The summed E-state index contributed by atoms with van der Waals surface area (Å²) in [7, 11) is 0. The summed E-state index contributed by atoms with van der Waals surface area (Å²) in [6.07, 6.45) is 1.81. The highest BCUT2D eigenvalue weighted by Crippen LogP contribution is 2.23. The number of aromatic nitrogens is 2. The summed E-state index contributed by atoms with van der Waals surface area (Å²) in [4.78, 5) is 7.86. The van der Waals surface area contributed by atoms with Gasteiger partial charge in [-0.15, -0.1) is 0 Å². The lowest BCUT2D eigenvalue weighted by Gasteiger charge is -2.08. The predicted molar refractivity (Wildman–Crippen MR) is 123 cm³/mol. The van der Waals surface area contributed by atoms with E-state index in [1.807, 2.05) is 66.7 Å². The monoisotopic (exact) mass is 409 g/mol. The van der Waals surface area contributed by atoms with Crippen molar-refractivity contribution in [3.63, 3.8) is 0 Å². The normalized spacial score (nSPS) is 11.3. The number of hydrogen-bond acceptors (Lipinski definition) is 4. The second-order valence-corrected chi connectivity index (χ2v) is 7.29. The smallest absolute Gasteiger partial charge is 0.149 e. The zero-order valence-corrected chi connectivity index (χ0v) is 17.6. The molecule has 5 nitrogen and oxygen atoms in total. The van der Waals surface area contributed by atoms with Gasteiger partial charge in [0, 0.05) is 0 Å². The van der Waals surface area contributed by atoms with Crippen LogP contribution >= 0.6 is 0 Å². The molecule has 4 rings (SSSR count). The Morgan fingerprint density at radius 3 is 2.42 bits per heavy atom. The fourth-order valence-electron chi connectivity index (χ4n) is 3.25. The van der Waals surface area contributed by atoms with Crippen LogP contribution < -0.4 is 9.47 Å². The summed E-state index contributed by atoms with van der Waals surface area (Å²) < 4.78 is 11.5. The topological polar surface area (TPSA) is 70.9 Å². The maximum atomic E-state index is 9.70. The van der Waals surface area contributed by atoms with E-state index in [-0.39, 0.29) is 0 Å². The van der Waals surface area contributed by atoms with Crippen LogP contribution in [0.25, 0.3) is 22.7 Å². The Hall–Kier alpha value is -4.04. The molecule has 1 aromatic heterocycles. The number of allylic oxidation sites excluding steroid dienone is 1. The van der Waals surface area contributed by atoms with E-state index in [0.717, 1.165) is 28.1 Å². The Balaban J connectivity index is 1.46. The summed E-state index contributed by atoms with van der Waals surface area (Å²) in [5.41, 5.74) is 5.48. The highest BCUT2D eigenvalue weighted by atomic mass is 16.5. The van der Waals surface area contributed by atoms with Gasteiger partial charge in [-0.3, -0.25) is 0 Å². The molecule has 0 aliphatic rings. The Kier molecular flexibility index (Phi) is 6.00. The summed E-state index contributed by atoms with van der Waals surface area (Å²) >= 11 is 0. The molecule has 0 saturated heterocycles. The number of H-pyrrole nitrogens is 1. The van der Waals surface area contributed by atoms with E-state index in [1.54, 1.807) is 0 Å². The average Bonchev–Trinajstić information content (AvgIpc) is 3.19. The number of para-hydroxylation sites is 1. The van der Waals surface area contributed by atoms with Crippen LogP contribution in [0, 0.1) is 25.2 Å². The van der Waals surface area contributed by atoms with Gasteiger partial charge in [0.05, 0.1) is 16.6 Å². The molecule has 1 N–H and O–H groups in total. The van der Waals surface area contributed by atoms with Gasteiger partial charge in [0.25, 0.3) is 0 Å². The van der Waals surface area contributed by atoms with Gasteiger partial charge in [0.2, 0.25) is 0 Å². The molecule has 31 heavy (non-hydrogen) atoms.